The summed E-state index contributed by atoms with van der Waals surface area (Å²) in [5, 5.41) is 16.2. The van der Waals surface area contributed by atoms with Gasteiger partial charge in [-0.05, 0) is 40.3 Å². The number of hydrogen-bond donors (Lipinski definition) is 0. The number of anilines is 1. The molecule has 0 aliphatic heterocycles. The van der Waals surface area contributed by atoms with Crippen LogP contribution in [0.3, 0.4) is 0 Å². The summed E-state index contributed by atoms with van der Waals surface area (Å²) in [6.45, 7) is 0.710. The van der Waals surface area contributed by atoms with Crippen molar-refractivity contribution in [3.8, 4) is 0 Å². The van der Waals surface area contributed by atoms with E-state index in [2.05, 4.69) is 20.6 Å². The smallest absolute Gasteiger partial charge is 0.200 e. The molecule has 0 unspecified atom stereocenters. The number of aromatic nitrogens is 5. The van der Waals surface area contributed by atoms with Gasteiger partial charge in [0, 0.05) is 18.6 Å². The summed E-state index contributed by atoms with van der Waals surface area (Å²) in [7, 11) is 1.96. The van der Waals surface area contributed by atoms with Crippen molar-refractivity contribution in [2.75, 3.05) is 11.9 Å². The summed E-state index contributed by atoms with van der Waals surface area (Å²) in [6, 6.07) is 11.5. The minimum atomic E-state index is 0.625. The summed E-state index contributed by atoms with van der Waals surface area (Å²) in [6.07, 6.45) is 0. The topological polar surface area (TPSA) is 59.2 Å². The normalized spacial score (nSPS) is 10.8. The molecule has 0 aliphatic rings. The van der Waals surface area contributed by atoms with Crippen LogP contribution in [0.4, 0.5) is 5.82 Å². The molecule has 0 saturated heterocycles. The van der Waals surface area contributed by atoms with E-state index in [0.29, 0.717) is 12.2 Å². The third kappa shape index (κ3) is 2.48. The lowest BCUT2D eigenvalue weighted by molar-refractivity contribution is 0.720. The minimum Gasteiger partial charge on any atom is -0.354 e. The van der Waals surface area contributed by atoms with Crippen LogP contribution in [0.1, 0.15) is 5.56 Å². The van der Waals surface area contributed by atoms with Crippen LogP contribution in [0.15, 0.2) is 36.4 Å². The first-order valence-electron chi connectivity index (χ1n) is 5.73. The van der Waals surface area contributed by atoms with Gasteiger partial charge >= 0.3 is 0 Å². The van der Waals surface area contributed by atoms with Crippen LogP contribution in [-0.4, -0.2) is 32.3 Å². The molecule has 0 fully saturated rings. The van der Waals surface area contributed by atoms with Crippen molar-refractivity contribution in [1.29, 1.82) is 0 Å². The lowest BCUT2D eigenvalue weighted by Gasteiger charge is -2.17. The van der Waals surface area contributed by atoms with Gasteiger partial charge in [0.2, 0.25) is 0 Å². The lowest BCUT2D eigenvalue weighted by Crippen LogP contribution is -2.18. The number of tetrazole rings is 1. The average molecular weight is 275 g/mol. The Kier molecular flexibility index (Phi) is 3.00. The van der Waals surface area contributed by atoms with Crippen LogP contribution < -0.4 is 4.90 Å². The maximum Gasteiger partial charge on any atom is 0.200 e. The molecule has 6 nitrogen and oxygen atoms in total. The maximum absolute atomic E-state index is 5.97. The summed E-state index contributed by atoms with van der Waals surface area (Å²) in [4.78, 5) is 2.01. The average Bonchev–Trinajstić information content (AvgIpc) is 2.85. The van der Waals surface area contributed by atoms with E-state index in [0.717, 1.165) is 16.4 Å². The Hall–Kier alpha value is -2.21. The van der Waals surface area contributed by atoms with Crippen LogP contribution in [0.25, 0.3) is 5.65 Å². The largest absolute Gasteiger partial charge is 0.354 e. The van der Waals surface area contributed by atoms with E-state index in [1.807, 2.05) is 48.3 Å². The number of nitrogens with zero attached hydrogens (tertiary/aromatic N) is 6. The fourth-order valence-corrected chi connectivity index (χ4v) is 2.05. The number of fused-ring (bicyclic) bond motifs is 1. The molecular weight excluding hydrogens is 264 g/mol. The molecule has 96 valence electrons. The zero-order valence-corrected chi connectivity index (χ0v) is 11.0. The first kappa shape index (κ1) is 11.9. The highest BCUT2D eigenvalue weighted by Gasteiger charge is 2.06. The Morgan fingerprint density at radius 2 is 2.16 bits per heavy atom. The standard InChI is InChI=1S/C12H11ClN6/c1-18(8-9-3-2-4-10(13)7-9)12-6-5-11-14-16-17-19(11)15-12/h2-7H,8H2,1H3. The van der Waals surface area contributed by atoms with Crippen LogP contribution in [-0.2, 0) is 6.54 Å². The maximum atomic E-state index is 5.97. The van der Waals surface area contributed by atoms with Crippen molar-refractivity contribution in [2.24, 2.45) is 0 Å². The molecule has 0 atom stereocenters. The Bertz CT molecular complexity index is 710. The quantitative estimate of drug-likeness (QED) is 0.729. The van der Waals surface area contributed by atoms with E-state index in [-0.39, 0.29) is 0 Å². The van der Waals surface area contributed by atoms with Crippen LogP contribution in [0, 0.1) is 0 Å². The van der Waals surface area contributed by atoms with E-state index in [1.165, 1.54) is 4.63 Å². The molecule has 1 aromatic carbocycles. The van der Waals surface area contributed by atoms with Gasteiger partial charge in [-0.2, -0.15) is 0 Å². The van der Waals surface area contributed by atoms with E-state index in [1.54, 1.807) is 0 Å². The lowest BCUT2D eigenvalue weighted by atomic mass is 10.2. The van der Waals surface area contributed by atoms with Gasteiger partial charge < -0.3 is 4.90 Å². The Morgan fingerprint density at radius 3 is 3.00 bits per heavy atom. The van der Waals surface area contributed by atoms with E-state index < -0.39 is 0 Å². The van der Waals surface area contributed by atoms with Crippen LogP contribution in [0.5, 0.6) is 0 Å². The zero-order chi connectivity index (χ0) is 13.2. The fraction of sp³-hybridized carbons (Fsp3) is 0.167. The number of benzene rings is 1. The second-order valence-electron chi connectivity index (χ2n) is 4.20. The molecule has 7 heteroatoms. The molecule has 3 aromatic rings. The van der Waals surface area contributed by atoms with E-state index in [9.17, 15) is 0 Å². The predicted molar refractivity (Wildman–Crippen MR) is 72.1 cm³/mol. The second-order valence-corrected chi connectivity index (χ2v) is 4.64. The van der Waals surface area contributed by atoms with Crippen molar-refractivity contribution < 1.29 is 0 Å². The summed E-state index contributed by atoms with van der Waals surface area (Å²) in [5.74, 6) is 0.791. The third-order valence-corrected chi connectivity index (χ3v) is 2.99. The fourth-order valence-electron chi connectivity index (χ4n) is 1.83. The Balaban J connectivity index is 1.84. The number of hydrogen-bond acceptors (Lipinski definition) is 5. The van der Waals surface area contributed by atoms with E-state index >= 15 is 0 Å². The van der Waals surface area contributed by atoms with Crippen molar-refractivity contribution in [2.45, 2.75) is 6.54 Å². The summed E-state index contributed by atoms with van der Waals surface area (Å²) >= 11 is 5.97. The molecule has 0 saturated carbocycles. The minimum absolute atomic E-state index is 0.625. The molecule has 0 spiro atoms. The van der Waals surface area contributed by atoms with Crippen LogP contribution in [0.2, 0.25) is 5.02 Å². The molecule has 0 bridgehead atoms. The highest BCUT2D eigenvalue weighted by Crippen LogP contribution is 2.15. The molecule has 0 amide bonds. The van der Waals surface area contributed by atoms with Crippen molar-refractivity contribution in [3.63, 3.8) is 0 Å². The van der Waals surface area contributed by atoms with Gasteiger partial charge in [-0.1, -0.05) is 23.7 Å². The zero-order valence-electron chi connectivity index (χ0n) is 10.2. The third-order valence-electron chi connectivity index (χ3n) is 2.76. The monoisotopic (exact) mass is 274 g/mol. The molecule has 3 rings (SSSR count). The molecule has 2 heterocycles. The molecular formula is C12H11ClN6. The van der Waals surface area contributed by atoms with Crippen molar-refractivity contribution in [3.05, 3.63) is 47.0 Å². The van der Waals surface area contributed by atoms with Crippen LogP contribution >= 0.6 is 11.6 Å². The van der Waals surface area contributed by atoms with Gasteiger partial charge in [0.1, 0.15) is 0 Å². The molecule has 19 heavy (non-hydrogen) atoms. The predicted octanol–water partition coefficient (Wildman–Crippen LogP) is 1.81. The van der Waals surface area contributed by atoms with Gasteiger partial charge in [0.25, 0.3) is 0 Å². The van der Waals surface area contributed by atoms with Gasteiger partial charge in [0.05, 0.1) is 0 Å². The number of halogens is 1. The first-order chi connectivity index (χ1) is 9.22. The summed E-state index contributed by atoms with van der Waals surface area (Å²) in [5.41, 5.74) is 1.74. The molecule has 0 N–H and O–H groups in total. The highest BCUT2D eigenvalue weighted by atomic mass is 35.5. The van der Waals surface area contributed by atoms with Crippen molar-refractivity contribution >= 4 is 23.1 Å². The van der Waals surface area contributed by atoms with Gasteiger partial charge in [-0.15, -0.1) is 14.8 Å². The van der Waals surface area contributed by atoms with E-state index in [4.69, 9.17) is 11.6 Å². The summed E-state index contributed by atoms with van der Waals surface area (Å²) < 4.78 is 1.41. The van der Waals surface area contributed by atoms with Gasteiger partial charge in [0.15, 0.2) is 11.5 Å². The molecule has 0 aliphatic carbocycles. The van der Waals surface area contributed by atoms with Crippen molar-refractivity contribution in [1.82, 2.24) is 25.3 Å². The van der Waals surface area contributed by atoms with Gasteiger partial charge in [-0.25, -0.2) is 0 Å². The second kappa shape index (κ2) is 4.81. The molecule has 0 radical (unpaired) electrons. The van der Waals surface area contributed by atoms with Gasteiger partial charge in [-0.3, -0.25) is 0 Å². The molecule has 2 aromatic heterocycles. The number of rotatable bonds is 3. The highest BCUT2D eigenvalue weighted by molar-refractivity contribution is 6.30. The SMILES string of the molecule is CN(Cc1cccc(Cl)c1)c1ccc2nnnn2n1. The Morgan fingerprint density at radius 1 is 1.26 bits per heavy atom. The first-order valence-corrected chi connectivity index (χ1v) is 6.11. The Labute approximate surface area is 114 Å².